The quantitative estimate of drug-likeness (QED) is 0.366. The van der Waals surface area contributed by atoms with Gasteiger partial charge in [0.05, 0.1) is 15.8 Å². The number of hydrogen-bond acceptors (Lipinski definition) is 3. The van der Waals surface area contributed by atoms with E-state index in [0.717, 1.165) is 0 Å². The van der Waals surface area contributed by atoms with Crippen molar-refractivity contribution in [3.8, 4) is 0 Å². The van der Waals surface area contributed by atoms with Crippen LogP contribution in [0.2, 0.25) is 10.0 Å². The minimum absolute atomic E-state index is 0.0308. The Kier molecular flexibility index (Phi) is 3.90. The number of ketones is 1. The van der Waals surface area contributed by atoms with E-state index < -0.39 is 16.4 Å². The van der Waals surface area contributed by atoms with E-state index in [1.807, 2.05) is 0 Å². The molecule has 4 nitrogen and oxygen atoms in total. The number of benzene rings is 1. The highest BCUT2D eigenvalue weighted by Crippen LogP contribution is 2.33. The van der Waals surface area contributed by atoms with Crippen molar-refractivity contribution in [2.45, 2.75) is 0 Å². The Morgan fingerprint density at radius 2 is 1.87 bits per heavy atom. The van der Waals surface area contributed by atoms with E-state index >= 15 is 0 Å². The number of Topliss-reactive ketones (excluding diaryl/α,β-unsaturated/α-hetero) is 1. The van der Waals surface area contributed by atoms with Crippen LogP contribution in [-0.4, -0.2) is 16.6 Å². The average molecular weight is 268 g/mol. The monoisotopic (exact) mass is 267 g/mol. The van der Waals surface area contributed by atoms with E-state index in [-0.39, 0.29) is 21.5 Å². The maximum absolute atomic E-state index is 11.3. The van der Waals surface area contributed by atoms with Crippen molar-refractivity contribution >= 4 is 46.3 Å². The zero-order chi connectivity index (χ0) is 11.6. The maximum atomic E-state index is 11.3. The maximum Gasteiger partial charge on any atom is 0.300 e. The fraction of sp³-hybridized carbons (Fsp3) is 0.125. The van der Waals surface area contributed by atoms with E-state index in [1.165, 1.54) is 12.1 Å². The number of nitro benzene ring substituents is 1. The molecule has 0 aromatic heterocycles. The molecule has 0 aliphatic carbocycles. The van der Waals surface area contributed by atoms with E-state index in [1.54, 1.807) is 0 Å². The van der Waals surface area contributed by atoms with Gasteiger partial charge < -0.3 is 0 Å². The molecule has 0 spiro atoms. The first-order valence-electron chi connectivity index (χ1n) is 3.70. The summed E-state index contributed by atoms with van der Waals surface area (Å²) in [6, 6.07) is 2.57. The highest BCUT2D eigenvalue weighted by atomic mass is 35.5. The summed E-state index contributed by atoms with van der Waals surface area (Å²) in [6.07, 6.45) is 0. The fourth-order valence-corrected chi connectivity index (χ4v) is 1.67. The molecule has 1 rings (SSSR count). The third kappa shape index (κ3) is 2.40. The largest absolute Gasteiger partial charge is 0.300 e. The molecule has 0 fully saturated rings. The van der Waals surface area contributed by atoms with Crippen LogP contribution in [0.3, 0.4) is 0 Å². The van der Waals surface area contributed by atoms with Gasteiger partial charge in [-0.25, -0.2) is 0 Å². The Labute approximate surface area is 99.9 Å². The van der Waals surface area contributed by atoms with E-state index in [9.17, 15) is 14.9 Å². The molecule has 1 aromatic carbocycles. The smallest absolute Gasteiger partial charge is 0.292 e. The van der Waals surface area contributed by atoms with E-state index in [0.29, 0.717) is 0 Å². The second kappa shape index (κ2) is 4.79. The Balaban J connectivity index is 3.52. The molecular formula is C8H4Cl3NO3. The number of rotatable bonds is 3. The van der Waals surface area contributed by atoms with Crippen molar-refractivity contribution in [1.29, 1.82) is 0 Å². The van der Waals surface area contributed by atoms with Crippen LogP contribution in [0.5, 0.6) is 0 Å². The fourth-order valence-electron chi connectivity index (χ4n) is 1.05. The number of carbonyl (C=O) groups is 1. The lowest BCUT2D eigenvalue weighted by Gasteiger charge is -2.03. The Hall–Kier alpha value is -0.840. The standard InChI is InChI=1S/C8H4Cl3NO3/c9-3-6(13)7-4(10)1-2-5(11)8(7)12(14)15/h1-2H,3H2. The lowest BCUT2D eigenvalue weighted by molar-refractivity contribution is -0.384. The third-order valence-electron chi connectivity index (χ3n) is 1.66. The highest BCUT2D eigenvalue weighted by molar-refractivity contribution is 6.40. The van der Waals surface area contributed by atoms with Crippen LogP contribution in [-0.2, 0) is 0 Å². The van der Waals surface area contributed by atoms with Crippen LogP contribution >= 0.6 is 34.8 Å². The summed E-state index contributed by atoms with van der Waals surface area (Å²) in [6.45, 7) is 0. The minimum Gasteiger partial charge on any atom is -0.292 e. The molecule has 0 aliphatic rings. The van der Waals surface area contributed by atoms with Crippen LogP contribution in [0.25, 0.3) is 0 Å². The van der Waals surface area contributed by atoms with Gasteiger partial charge in [0.1, 0.15) is 10.6 Å². The van der Waals surface area contributed by atoms with E-state index in [4.69, 9.17) is 34.8 Å². The first-order valence-corrected chi connectivity index (χ1v) is 4.99. The van der Waals surface area contributed by atoms with E-state index in [2.05, 4.69) is 0 Å². The molecule has 15 heavy (non-hydrogen) atoms. The van der Waals surface area contributed by atoms with Crippen molar-refractivity contribution in [3.05, 3.63) is 37.9 Å². The van der Waals surface area contributed by atoms with Crippen molar-refractivity contribution in [2.75, 3.05) is 5.88 Å². The Morgan fingerprint density at radius 1 is 1.33 bits per heavy atom. The van der Waals surface area contributed by atoms with Crippen LogP contribution < -0.4 is 0 Å². The average Bonchev–Trinajstić information content (AvgIpc) is 2.19. The van der Waals surface area contributed by atoms with Crippen molar-refractivity contribution < 1.29 is 9.72 Å². The normalized spacial score (nSPS) is 10.1. The molecule has 0 unspecified atom stereocenters. The molecule has 0 amide bonds. The molecule has 0 aliphatic heterocycles. The van der Waals surface area contributed by atoms with Gasteiger partial charge in [-0.1, -0.05) is 23.2 Å². The highest BCUT2D eigenvalue weighted by Gasteiger charge is 2.26. The van der Waals surface area contributed by atoms with Crippen LogP contribution in [0.4, 0.5) is 5.69 Å². The summed E-state index contributed by atoms with van der Waals surface area (Å²) < 4.78 is 0. The molecular weight excluding hydrogens is 264 g/mol. The predicted molar refractivity (Wildman–Crippen MR) is 58.2 cm³/mol. The Morgan fingerprint density at radius 3 is 2.33 bits per heavy atom. The second-order valence-corrected chi connectivity index (χ2v) is 3.65. The first kappa shape index (κ1) is 12.2. The van der Waals surface area contributed by atoms with Gasteiger partial charge in [0.2, 0.25) is 0 Å². The number of nitrogens with zero attached hydrogens (tertiary/aromatic N) is 1. The van der Waals surface area contributed by atoms with Crippen LogP contribution in [0, 0.1) is 10.1 Å². The molecule has 0 atom stereocenters. The van der Waals surface area contributed by atoms with Gasteiger partial charge in [-0.05, 0) is 12.1 Å². The van der Waals surface area contributed by atoms with Gasteiger partial charge in [0.25, 0.3) is 5.69 Å². The first-order chi connectivity index (χ1) is 6.99. The summed E-state index contributed by atoms with van der Waals surface area (Å²) in [5.74, 6) is -1.02. The van der Waals surface area contributed by atoms with Gasteiger partial charge in [-0.15, -0.1) is 11.6 Å². The second-order valence-electron chi connectivity index (χ2n) is 2.57. The van der Waals surface area contributed by atoms with Crippen LogP contribution in [0.1, 0.15) is 10.4 Å². The molecule has 0 radical (unpaired) electrons. The summed E-state index contributed by atoms with van der Waals surface area (Å²) in [7, 11) is 0. The zero-order valence-electron chi connectivity index (χ0n) is 7.17. The minimum atomic E-state index is -0.756. The van der Waals surface area contributed by atoms with Crippen LogP contribution in [0.15, 0.2) is 12.1 Å². The topological polar surface area (TPSA) is 60.2 Å². The molecule has 80 valence electrons. The van der Waals surface area contributed by atoms with Gasteiger partial charge in [0.15, 0.2) is 5.78 Å². The van der Waals surface area contributed by atoms with Gasteiger partial charge >= 0.3 is 0 Å². The molecule has 1 aromatic rings. The number of carbonyl (C=O) groups excluding carboxylic acids is 1. The molecule has 7 heteroatoms. The summed E-state index contributed by atoms with van der Waals surface area (Å²) in [4.78, 5) is 21.3. The predicted octanol–water partition coefficient (Wildman–Crippen LogP) is 3.32. The SMILES string of the molecule is O=C(CCl)c1c(Cl)ccc(Cl)c1[N+](=O)[O-]. The number of halogens is 3. The summed E-state index contributed by atoms with van der Waals surface area (Å²) in [5.41, 5.74) is -0.751. The van der Waals surface area contributed by atoms with Crippen molar-refractivity contribution in [1.82, 2.24) is 0 Å². The summed E-state index contributed by atoms with van der Waals surface area (Å²) in [5, 5.41) is 10.5. The lowest BCUT2D eigenvalue weighted by atomic mass is 10.1. The molecule has 0 bridgehead atoms. The van der Waals surface area contributed by atoms with Gasteiger partial charge in [-0.3, -0.25) is 14.9 Å². The molecule has 0 N–H and O–H groups in total. The summed E-state index contributed by atoms with van der Waals surface area (Å²) >= 11 is 16.6. The third-order valence-corrected chi connectivity index (χ3v) is 2.52. The number of hydrogen-bond donors (Lipinski definition) is 0. The zero-order valence-corrected chi connectivity index (χ0v) is 9.44. The number of nitro groups is 1. The van der Waals surface area contributed by atoms with Gasteiger partial charge in [0, 0.05) is 0 Å². The number of alkyl halides is 1. The Bertz CT molecular complexity index is 433. The lowest BCUT2D eigenvalue weighted by Crippen LogP contribution is -2.06. The van der Waals surface area contributed by atoms with Gasteiger partial charge in [-0.2, -0.15) is 0 Å². The van der Waals surface area contributed by atoms with Crippen molar-refractivity contribution in [2.24, 2.45) is 0 Å². The molecule has 0 saturated carbocycles. The molecule has 0 saturated heterocycles. The van der Waals surface area contributed by atoms with Crippen molar-refractivity contribution in [3.63, 3.8) is 0 Å². The molecule has 0 heterocycles.